The van der Waals surface area contributed by atoms with Crippen molar-refractivity contribution in [1.29, 1.82) is 0 Å². The fourth-order valence-corrected chi connectivity index (χ4v) is 4.00. The van der Waals surface area contributed by atoms with Crippen LogP contribution in [0.25, 0.3) is 0 Å². The number of primary amides is 1. The molecule has 8 heteroatoms. The first-order valence-electron chi connectivity index (χ1n) is 7.02. The molecule has 0 radical (unpaired) electrons. The number of benzene rings is 1. The summed E-state index contributed by atoms with van der Waals surface area (Å²) in [6.45, 7) is 7.83. The van der Waals surface area contributed by atoms with Crippen molar-refractivity contribution in [3.05, 3.63) is 28.3 Å². The molecular formula is C15H22N2O5S. The first kappa shape index (κ1) is 19.1. The van der Waals surface area contributed by atoms with Crippen LogP contribution >= 0.6 is 0 Å². The zero-order chi connectivity index (χ0) is 17.9. The summed E-state index contributed by atoms with van der Waals surface area (Å²) in [4.78, 5) is 22.5. The van der Waals surface area contributed by atoms with Crippen LogP contribution in [-0.4, -0.2) is 32.9 Å². The number of ether oxygens (including phenoxy) is 1. The second kappa shape index (κ2) is 7.10. The van der Waals surface area contributed by atoms with Crippen molar-refractivity contribution in [2.45, 2.75) is 45.6 Å². The van der Waals surface area contributed by atoms with Crippen LogP contribution in [0.5, 0.6) is 0 Å². The number of carbonyl (C=O) groups excluding carboxylic acids is 2. The fourth-order valence-electron chi connectivity index (χ4n) is 2.19. The molecule has 0 saturated carbocycles. The summed E-state index contributed by atoms with van der Waals surface area (Å²) in [5, 5.41) is 0. The van der Waals surface area contributed by atoms with E-state index < -0.39 is 34.5 Å². The molecule has 0 spiro atoms. The minimum atomic E-state index is -3.92. The molecule has 3 N–H and O–H groups in total. The molecule has 0 aliphatic carbocycles. The van der Waals surface area contributed by atoms with Gasteiger partial charge in [0.2, 0.25) is 10.0 Å². The van der Waals surface area contributed by atoms with Crippen LogP contribution in [0.3, 0.4) is 0 Å². The van der Waals surface area contributed by atoms with Crippen LogP contribution in [0.2, 0.25) is 0 Å². The summed E-state index contributed by atoms with van der Waals surface area (Å²) >= 11 is 0. The molecule has 0 saturated heterocycles. The van der Waals surface area contributed by atoms with E-state index in [1.165, 1.54) is 6.92 Å². The zero-order valence-electron chi connectivity index (χ0n) is 13.9. The number of rotatable bonds is 6. The van der Waals surface area contributed by atoms with Gasteiger partial charge in [-0.15, -0.1) is 0 Å². The maximum absolute atomic E-state index is 12.6. The maximum Gasteiger partial charge on any atom is 0.324 e. The Morgan fingerprint density at radius 1 is 1.17 bits per heavy atom. The number of esters is 1. The highest BCUT2D eigenvalue weighted by Gasteiger charge is 2.27. The molecule has 1 aromatic rings. The van der Waals surface area contributed by atoms with Crippen LogP contribution in [0.4, 0.5) is 0 Å². The van der Waals surface area contributed by atoms with Crippen LogP contribution < -0.4 is 10.5 Å². The van der Waals surface area contributed by atoms with Gasteiger partial charge in [0.1, 0.15) is 6.04 Å². The molecule has 0 fully saturated rings. The SMILES string of the molecule is Cc1cc(C)c(C)c(S(=O)(=O)N[C@@H](C)C(=O)OCC(N)=O)c1C. The number of sulfonamides is 1. The molecule has 0 aromatic heterocycles. The molecule has 0 bridgehead atoms. The normalized spacial score (nSPS) is 12.7. The number of aryl methyl sites for hydroxylation is 2. The van der Waals surface area contributed by atoms with E-state index in [1.54, 1.807) is 13.8 Å². The molecule has 1 amide bonds. The van der Waals surface area contributed by atoms with Crippen LogP contribution in [-0.2, 0) is 24.3 Å². The van der Waals surface area contributed by atoms with Gasteiger partial charge >= 0.3 is 5.97 Å². The van der Waals surface area contributed by atoms with Crippen molar-refractivity contribution in [1.82, 2.24) is 4.72 Å². The average Bonchev–Trinajstić information content (AvgIpc) is 2.41. The van der Waals surface area contributed by atoms with Gasteiger partial charge in [-0.1, -0.05) is 6.07 Å². The largest absolute Gasteiger partial charge is 0.454 e. The van der Waals surface area contributed by atoms with Gasteiger partial charge in [-0.05, 0) is 56.9 Å². The van der Waals surface area contributed by atoms with Crippen molar-refractivity contribution in [3.63, 3.8) is 0 Å². The molecule has 1 rings (SSSR count). The summed E-state index contributed by atoms with van der Waals surface area (Å²) in [5.41, 5.74) is 7.81. The lowest BCUT2D eigenvalue weighted by Crippen LogP contribution is -2.41. The van der Waals surface area contributed by atoms with Crippen LogP contribution in [0.1, 0.15) is 29.2 Å². The monoisotopic (exact) mass is 342 g/mol. The summed E-state index contributed by atoms with van der Waals surface area (Å²) in [7, 11) is -3.92. The van der Waals surface area contributed by atoms with Crippen molar-refractivity contribution >= 4 is 21.9 Å². The Kier molecular flexibility index (Phi) is 5.90. The van der Waals surface area contributed by atoms with E-state index in [9.17, 15) is 18.0 Å². The van der Waals surface area contributed by atoms with Crippen LogP contribution in [0, 0.1) is 27.7 Å². The maximum atomic E-state index is 12.6. The van der Waals surface area contributed by atoms with Gasteiger partial charge in [-0.2, -0.15) is 4.72 Å². The molecular weight excluding hydrogens is 320 g/mol. The standard InChI is InChI=1S/C15H22N2O5S/c1-8-6-9(2)11(4)14(10(8)3)23(20,21)17-12(5)15(19)22-7-13(16)18/h6,12,17H,7H2,1-5H3,(H2,16,18)/t12-/m0/s1. The van der Waals surface area contributed by atoms with E-state index in [1.807, 2.05) is 19.9 Å². The second-order valence-electron chi connectivity index (χ2n) is 5.51. The third kappa shape index (κ3) is 4.52. The van der Waals surface area contributed by atoms with Gasteiger partial charge in [0.25, 0.3) is 5.91 Å². The zero-order valence-corrected chi connectivity index (χ0v) is 14.7. The third-order valence-electron chi connectivity index (χ3n) is 3.61. The Balaban J connectivity index is 3.10. The molecule has 0 aliphatic rings. The number of amides is 1. The summed E-state index contributed by atoms with van der Waals surface area (Å²) < 4.78 is 32.1. The van der Waals surface area contributed by atoms with E-state index in [-0.39, 0.29) is 4.90 Å². The molecule has 1 atom stereocenters. The highest BCUT2D eigenvalue weighted by molar-refractivity contribution is 7.89. The first-order chi connectivity index (χ1) is 10.5. The number of nitrogens with two attached hydrogens (primary N) is 1. The Bertz CT molecular complexity index is 714. The van der Waals surface area contributed by atoms with Crippen molar-refractivity contribution < 1.29 is 22.7 Å². The van der Waals surface area contributed by atoms with E-state index >= 15 is 0 Å². The van der Waals surface area contributed by atoms with Crippen molar-refractivity contribution in [3.8, 4) is 0 Å². The number of carbonyl (C=O) groups is 2. The lowest BCUT2D eigenvalue weighted by molar-refractivity contribution is -0.149. The lowest BCUT2D eigenvalue weighted by atomic mass is 10.0. The quantitative estimate of drug-likeness (QED) is 0.735. The van der Waals surface area contributed by atoms with Gasteiger partial charge in [0.15, 0.2) is 6.61 Å². The Hall–Kier alpha value is -1.93. The van der Waals surface area contributed by atoms with E-state index in [2.05, 4.69) is 9.46 Å². The van der Waals surface area contributed by atoms with Crippen molar-refractivity contribution in [2.24, 2.45) is 5.73 Å². The fraction of sp³-hybridized carbons (Fsp3) is 0.467. The number of hydrogen-bond donors (Lipinski definition) is 2. The molecule has 1 aromatic carbocycles. The number of nitrogens with one attached hydrogen (secondary N) is 1. The van der Waals surface area contributed by atoms with E-state index in [0.717, 1.165) is 11.1 Å². The second-order valence-corrected chi connectivity index (χ2v) is 7.16. The Morgan fingerprint density at radius 2 is 1.65 bits per heavy atom. The summed E-state index contributed by atoms with van der Waals surface area (Å²) in [6.07, 6.45) is 0. The van der Waals surface area contributed by atoms with Gasteiger partial charge in [-0.3, -0.25) is 9.59 Å². The van der Waals surface area contributed by atoms with E-state index in [4.69, 9.17) is 5.73 Å². The topological polar surface area (TPSA) is 116 Å². The third-order valence-corrected chi connectivity index (χ3v) is 5.42. The minimum Gasteiger partial charge on any atom is -0.454 e. The van der Waals surface area contributed by atoms with Crippen molar-refractivity contribution in [2.75, 3.05) is 6.61 Å². The smallest absolute Gasteiger partial charge is 0.324 e. The average molecular weight is 342 g/mol. The predicted octanol–water partition coefficient (Wildman–Crippen LogP) is 0.616. The molecule has 7 nitrogen and oxygen atoms in total. The van der Waals surface area contributed by atoms with Gasteiger partial charge in [0, 0.05) is 0 Å². The Morgan fingerprint density at radius 3 is 2.09 bits per heavy atom. The highest BCUT2D eigenvalue weighted by Crippen LogP contribution is 2.26. The Labute approximate surface area is 136 Å². The first-order valence-corrected chi connectivity index (χ1v) is 8.50. The number of hydrogen-bond acceptors (Lipinski definition) is 5. The minimum absolute atomic E-state index is 0.157. The molecule has 23 heavy (non-hydrogen) atoms. The van der Waals surface area contributed by atoms with Crippen LogP contribution in [0.15, 0.2) is 11.0 Å². The molecule has 0 unspecified atom stereocenters. The van der Waals surface area contributed by atoms with Gasteiger partial charge < -0.3 is 10.5 Å². The molecule has 0 heterocycles. The highest BCUT2D eigenvalue weighted by atomic mass is 32.2. The summed E-state index contributed by atoms with van der Waals surface area (Å²) in [6, 6.07) is 0.771. The predicted molar refractivity (Wildman–Crippen MR) is 85.3 cm³/mol. The molecule has 128 valence electrons. The van der Waals surface area contributed by atoms with Gasteiger partial charge in [-0.25, -0.2) is 8.42 Å². The van der Waals surface area contributed by atoms with E-state index in [0.29, 0.717) is 11.1 Å². The van der Waals surface area contributed by atoms with Gasteiger partial charge in [0.05, 0.1) is 4.90 Å². The summed E-state index contributed by atoms with van der Waals surface area (Å²) in [5.74, 6) is -1.68. The molecule has 0 aliphatic heterocycles. The lowest BCUT2D eigenvalue weighted by Gasteiger charge is -2.18.